The van der Waals surface area contributed by atoms with E-state index in [1.165, 1.54) is 38.7 Å². The highest BCUT2D eigenvalue weighted by Crippen LogP contribution is 2.49. The molecule has 0 saturated carbocycles. The van der Waals surface area contributed by atoms with Gasteiger partial charge >= 0.3 is 0 Å². The van der Waals surface area contributed by atoms with E-state index in [4.69, 9.17) is 15.7 Å². The molecule has 1 aliphatic carbocycles. The monoisotopic (exact) mass is 715 g/mol. The zero-order valence-electron chi connectivity index (χ0n) is 31.8. The van der Waals surface area contributed by atoms with Crippen molar-refractivity contribution in [1.82, 2.24) is 4.57 Å². The molecule has 0 atom stereocenters. The van der Waals surface area contributed by atoms with Gasteiger partial charge in [0.25, 0.3) is 0 Å². The molecular formula is C50H45N5. The molecule has 0 amide bonds. The van der Waals surface area contributed by atoms with Gasteiger partial charge in [0.15, 0.2) is 5.84 Å². The maximum absolute atomic E-state index is 6.99. The maximum Gasteiger partial charge on any atom is 0.157 e. The average molecular weight is 716 g/mol. The van der Waals surface area contributed by atoms with Gasteiger partial charge in [0, 0.05) is 57.1 Å². The van der Waals surface area contributed by atoms with Gasteiger partial charge < -0.3 is 15.6 Å². The minimum Gasteiger partial charge on any atom is -0.383 e. The van der Waals surface area contributed by atoms with Crippen LogP contribution >= 0.6 is 0 Å². The van der Waals surface area contributed by atoms with Gasteiger partial charge in [-0.3, -0.25) is 4.99 Å². The largest absolute Gasteiger partial charge is 0.383 e. The number of para-hydroxylation sites is 2. The number of rotatable bonds is 9. The number of allylic oxidation sites excluding steroid dienone is 2. The van der Waals surface area contributed by atoms with Crippen molar-refractivity contribution < 1.29 is 0 Å². The maximum atomic E-state index is 6.99. The van der Waals surface area contributed by atoms with E-state index in [2.05, 4.69) is 160 Å². The number of nitrogens with one attached hydrogen (secondary N) is 1. The van der Waals surface area contributed by atoms with Crippen LogP contribution in [0.4, 0.5) is 11.4 Å². The number of aliphatic imine (C=N–C) groups is 2. The van der Waals surface area contributed by atoms with E-state index < -0.39 is 0 Å². The highest BCUT2D eigenvalue weighted by molar-refractivity contribution is 6.13. The van der Waals surface area contributed by atoms with Crippen LogP contribution in [0.5, 0.6) is 0 Å². The Morgan fingerprint density at radius 1 is 0.782 bits per heavy atom. The predicted octanol–water partition coefficient (Wildman–Crippen LogP) is 11.6. The van der Waals surface area contributed by atoms with Gasteiger partial charge in [-0.05, 0) is 76.2 Å². The summed E-state index contributed by atoms with van der Waals surface area (Å²) < 4.78 is 2.24. The standard InChI is InChI=1S/C50H45N5/c1-33(29-30-45-34(2)39-22-11-14-28-46(39)55(45)5)38-21-10-13-27-44(38)53-37-20-15-19-36(31-37)49(52-32-35-17-7-6-8-18-35)54-48(51)42-25-16-24-41-40-23-9-12-26-43(40)50(3,4)47(41)42/h6-31,53H,1,32H2,2-5H3,(H2,51,52,54)/b30-29-. The van der Waals surface area contributed by atoms with Crippen molar-refractivity contribution in [3.8, 4) is 11.1 Å². The van der Waals surface area contributed by atoms with Crippen molar-refractivity contribution in [2.24, 2.45) is 22.8 Å². The Morgan fingerprint density at radius 3 is 2.31 bits per heavy atom. The van der Waals surface area contributed by atoms with E-state index in [-0.39, 0.29) is 5.41 Å². The van der Waals surface area contributed by atoms with Crippen LogP contribution in [0.1, 0.15) is 58.5 Å². The van der Waals surface area contributed by atoms with Crippen molar-refractivity contribution in [2.45, 2.75) is 32.7 Å². The Bertz CT molecular complexity index is 2630. The second-order valence-electron chi connectivity index (χ2n) is 14.7. The van der Waals surface area contributed by atoms with E-state index >= 15 is 0 Å². The molecule has 0 unspecified atom stereocenters. The number of nitrogens with zero attached hydrogens (tertiary/aromatic N) is 3. The van der Waals surface area contributed by atoms with E-state index in [0.717, 1.165) is 44.9 Å². The van der Waals surface area contributed by atoms with Gasteiger partial charge in [0.05, 0.1) is 6.54 Å². The van der Waals surface area contributed by atoms with Crippen molar-refractivity contribution in [3.05, 3.63) is 203 Å². The summed E-state index contributed by atoms with van der Waals surface area (Å²) in [6.07, 6.45) is 4.26. The van der Waals surface area contributed by atoms with Crippen LogP contribution < -0.4 is 11.1 Å². The molecule has 1 aromatic heterocycles. The van der Waals surface area contributed by atoms with Crippen LogP contribution in [0, 0.1) is 6.92 Å². The number of aromatic nitrogens is 1. The van der Waals surface area contributed by atoms with Crippen LogP contribution in [0.15, 0.2) is 168 Å². The molecule has 3 N–H and O–H groups in total. The molecular weight excluding hydrogens is 671 g/mol. The summed E-state index contributed by atoms with van der Waals surface area (Å²) >= 11 is 0. The summed E-state index contributed by atoms with van der Waals surface area (Å²) in [6, 6.07) is 50.2. The lowest BCUT2D eigenvalue weighted by atomic mass is 9.80. The molecule has 0 fully saturated rings. The predicted molar refractivity (Wildman–Crippen MR) is 233 cm³/mol. The molecule has 0 aliphatic heterocycles. The van der Waals surface area contributed by atoms with Gasteiger partial charge in [-0.25, -0.2) is 4.99 Å². The van der Waals surface area contributed by atoms with E-state index in [9.17, 15) is 0 Å². The summed E-state index contributed by atoms with van der Waals surface area (Å²) in [4.78, 5) is 10.2. The Kier molecular flexibility index (Phi) is 9.38. The van der Waals surface area contributed by atoms with E-state index in [0.29, 0.717) is 18.2 Å². The molecule has 1 aliphatic rings. The first kappa shape index (κ1) is 35.3. The fourth-order valence-corrected chi connectivity index (χ4v) is 8.05. The number of nitrogens with two attached hydrogens (primary N) is 1. The van der Waals surface area contributed by atoms with Gasteiger partial charge in [-0.2, -0.15) is 0 Å². The van der Waals surface area contributed by atoms with Crippen molar-refractivity contribution in [3.63, 3.8) is 0 Å². The van der Waals surface area contributed by atoms with Crippen LogP contribution in [0.2, 0.25) is 0 Å². The molecule has 0 radical (unpaired) electrons. The highest BCUT2D eigenvalue weighted by Gasteiger charge is 2.37. The summed E-state index contributed by atoms with van der Waals surface area (Å²) in [5.41, 5.74) is 22.0. The molecule has 5 heteroatoms. The van der Waals surface area contributed by atoms with Crippen LogP contribution in [-0.2, 0) is 19.0 Å². The van der Waals surface area contributed by atoms with E-state index in [1.54, 1.807) is 0 Å². The minimum absolute atomic E-state index is 0.228. The Labute approximate surface area is 323 Å². The van der Waals surface area contributed by atoms with Gasteiger partial charge in [-0.15, -0.1) is 0 Å². The first-order valence-electron chi connectivity index (χ1n) is 18.7. The number of anilines is 2. The Balaban J connectivity index is 1.12. The normalized spacial score (nSPS) is 13.6. The van der Waals surface area contributed by atoms with E-state index in [1.807, 2.05) is 42.5 Å². The van der Waals surface area contributed by atoms with Crippen LogP contribution in [0.3, 0.4) is 0 Å². The number of fused-ring (bicyclic) bond motifs is 4. The lowest BCUT2D eigenvalue weighted by Gasteiger charge is -2.24. The topological polar surface area (TPSA) is 67.7 Å². The third-order valence-corrected chi connectivity index (χ3v) is 10.9. The average Bonchev–Trinajstić information content (AvgIpc) is 3.60. The molecule has 0 bridgehead atoms. The molecule has 0 saturated heterocycles. The number of aryl methyl sites for hydroxylation is 2. The van der Waals surface area contributed by atoms with Crippen molar-refractivity contribution in [1.29, 1.82) is 0 Å². The lowest BCUT2D eigenvalue weighted by Crippen LogP contribution is -2.24. The summed E-state index contributed by atoms with van der Waals surface area (Å²) in [5, 5.41) is 4.93. The molecule has 5 nitrogen and oxygen atoms in total. The van der Waals surface area contributed by atoms with Gasteiger partial charge in [0.2, 0.25) is 0 Å². The smallest absolute Gasteiger partial charge is 0.157 e. The molecule has 7 aromatic rings. The zero-order chi connectivity index (χ0) is 38.1. The van der Waals surface area contributed by atoms with Gasteiger partial charge in [-0.1, -0.05) is 148 Å². The molecule has 55 heavy (non-hydrogen) atoms. The highest BCUT2D eigenvalue weighted by atomic mass is 15.0. The second kappa shape index (κ2) is 14.6. The Hall–Kier alpha value is -6.72. The molecule has 0 spiro atoms. The number of benzene rings is 6. The molecule has 8 rings (SSSR count). The second-order valence-corrected chi connectivity index (χ2v) is 14.7. The fourth-order valence-electron chi connectivity index (χ4n) is 8.05. The zero-order valence-corrected chi connectivity index (χ0v) is 31.8. The third-order valence-electron chi connectivity index (χ3n) is 10.9. The number of hydrogen-bond acceptors (Lipinski definition) is 2. The third kappa shape index (κ3) is 6.70. The fraction of sp³-hybridized carbons (Fsp3) is 0.120. The summed E-state index contributed by atoms with van der Waals surface area (Å²) in [7, 11) is 2.11. The summed E-state index contributed by atoms with van der Waals surface area (Å²) in [6.45, 7) is 11.7. The van der Waals surface area contributed by atoms with Crippen molar-refractivity contribution in [2.75, 3.05) is 5.32 Å². The molecule has 6 aromatic carbocycles. The molecule has 270 valence electrons. The SMILES string of the molecule is C=C(/C=C\c1c(C)c2ccccc2n1C)c1ccccc1Nc1cccc(C(=N/Cc2ccccc2)/N=C(\N)c2cccc3c2C(C)(C)c2ccccc2-3)c1. The van der Waals surface area contributed by atoms with Crippen LogP contribution in [-0.4, -0.2) is 16.2 Å². The number of amidine groups is 2. The van der Waals surface area contributed by atoms with Crippen LogP contribution in [0.25, 0.3) is 33.7 Å². The molecule has 1 heterocycles. The van der Waals surface area contributed by atoms with Crippen molar-refractivity contribution >= 4 is 45.6 Å². The number of hydrogen-bond donors (Lipinski definition) is 2. The van der Waals surface area contributed by atoms with Gasteiger partial charge in [0.1, 0.15) is 5.84 Å². The lowest BCUT2D eigenvalue weighted by molar-refractivity contribution is 0.659. The Morgan fingerprint density at radius 2 is 1.47 bits per heavy atom. The minimum atomic E-state index is -0.228. The quantitative estimate of drug-likeness (QED) is 0.0887. The summed E-state index contributed by atoms with van der Waals surface area (Å²) in [5.74, 6) is 1.01. The first-order chi connectivity index (χ1) is 26.7. The first-order valence-corrected chi connectivity index (χ1v) is 18.7.